The highest BCUT2D eigenvalue weighted by Crippen LogP contribution is 2.31. The van der Waals surface area contributed by atoms with Crippen molar-refractivity contribution in [3.8, 4) is 12.1 Å². The number of unbranched alkanes of at least 4 members (excludes halogenated alkanes) is 2. The largest absolute Gasteiger partial charge is 0.436 e. The third kappa shape index (κ3) is 20.9. The van der Waals surface area contributed by atoms with Crippen molar-refractivity contribution in [2.75, 3.05) is 0 Å². The highest BCUT2D eigenvalue weighted by Gasteiger charge is 2.44. The van der Waals surface area contributed by atoms with Gasteiger partial charge in [0.25, 0.3) is 0 Å². The fourth-order valence-electron chi connectivity index (χ4n) is 8.09. The van der Waals surface area contributed by atoms with Crippen LogP contribution >= 0.6 is 0 Å². The number of hydrogen-bond acceptors (Lipinski definition) is 8. The van der Waals surface area contributed by atoms with Gasteiger partial charge in [-0.15, -0.1) is 0 Å². The number of aryl methyl sites for hydroxylation is 2. The van der Waals surface area contributed by atoms with Crippen LogP contribution in [0.25, 0.3) is 0 Å². The van der Waals surface area contributed by atoms with Crippen LogP contribution in [-0.2, 0) is 37.5 Å². The van der Waals surface area contributed by atoms with Crippen molar-refractivity contribution in [1.29, 1.82) is 10.5 Å². The number of nitrogens with zero attached hydrogens (tertiary/aromatic N) is 2. The molecule has 0 amide bonds. The summed E-state index contributed by atoms with van der Waals surface area (Å²) >= 11 is 0. The van der Waals surface area contributed by atoms with Crippen LogP contribution < -0.4 is 0 Å². The van der Waals surface area contributed by atoms with Crippen molar-refractivity contribution in [3.05, 3.63) is 34.4 Å². The molecule has 0 aromatic heterocycles. The SMILES string of the molecule is CCCC[Si](C)(C)O[Si](C)(C)O[Si](C)(C)O[Si](C)(C)CCCc1cc(C#N)c(C#N)cc1CCC[Si](C)(C)O[Si](C)(C)O[Si](C)(C)O[Si](C)(C)CCCC. The first-order chi connectivity index (χ1) is 24.4. The Bertz CT molecular complexity index is 1320. The Hall–Kier alpha value is -0.305. The second-order valence-electron chi connectivity index (χ2n) is 19.6. The van der Waals surface area contributed by atoms with E-state index in [1.165, 1.54) is 36.8 Å². The molecule has 0 fully saturated rings. The van der Waals surface area contributed by atoms with E-state index in [9.17, 15) is 10.5 Å². The van der Waals surface area contributed by atoms with Crippen molar-refractivity contribution >= 4 is 67.5 Å². The number of hydrogen-bond donors (Lipinski definition) is 0. The number of nitriles is 2. The summed E-state index contributed by atoms with van der Waals surface area (Å²) in [6, 6.07) is 12.8. The molecule has 0 aliphatic carbocycles. The molecule has 0 saturated heterocycles. The molecule has 8 nitrogen and oxygen atoms in total. The fourth-order valence-corrected chi connectivity index (χ4v) is 47.1. The van der Waals surface area contributed by atoms with E-state index in [1.54, 1.807) is 0 Å². The Kier molecular flexibility index (Phi) is 20.2. The highest BCUT2D eigenvalue weighted by atomic mass is 28.5. The molecular formula is C38H80N2O6Si8. The number of rotatable bonds is 26. The van der Waals surface area contributed by atoms with E-state index in [-0.39, 0.29) is 0 Å². The van der Waals surface area contributed by atoms with E-state index in [1.807, 2.05) is 12.1 Å². The zero-order chi connectivity index (χ0) is 41.9. The van der Waals surface area contributed by atoms with Crippen molar-refractivity contribution in [2.24, 2.45) is 0 Å². The van der Waals surface area contributed by atoms with Gasteiger partial charge in [0.2, 0.25) is 0 Å². The molecule has 0 heterocycles. The van der Waals surface area contributed by atoms with Gasteiger partial charge in [-0.2, -0.15) is 10.5 Å². The normalized spacial score (nSPS) is 13.9. The van der Waals surface area contributed by atoms with E-state index in [0.29, 0.717) is 11.1 Å². The third-order valence-corrected chi connectivity index (χ3v) is 40.2. The van der Waals surface area contributed by atoms with Gasteiger partial charge in [0, 0.05) is 0 Å². The molecular weight excluding hydrogens is 805 g/mol. The Balaban J connectivity index is 2.98. The minimum atomic E-state index is -2.43. The molecule has 0 aliphatic heterocycles. The summed E-state index contributed by atoms with van der Waals surface area (Å²) in [5.74, 6) is 0. The maximum absolute atomic E-state index is 9.87. The van der Waals surface area contributed by atoms with Gasteiger partial charge in [-0.1, -0.05) is 39.5 Å². The van der Waals surface area contributed by atoms with E-state index < -0.39 is 67.5 Å². The minimum Gasteiger partial charge on any atom is -0.436 e. The average Bonchev–Trinajstić information content (AvgIpc) is 2.95. The lowest BCUT2D eigenvalue weighted by atomic mass is 9.94. The van der Waals surface area contributed by atoms with Crippen molar-refractivity contribution in [3.63, 3.8) is 0 Å². The van der Waals surface area contributed by atoms with Gasteiger partial charge in [-0.3, -0.25) is 0 Å². The van der Waals surface area contributed by atoms with Crippen LogP contribution in [0.15, 0.2) is 12.1 Å². The highest BCUT2D eigenvalue weighted by molar-refractivity contribution is 6.90. The van der Waals surface area contributed by atoms with Crippen LogP contribution in [0, 0.1) is 22.7 Å². The third-order valence-electron chi connectivity index (χ3n) is 9.37. The summed E-state index contributed by atoms with van der Waals surface area (Å²) in [5, 5.41) is 19.7. The summed E-state index contributed by atoms with van der Waals surface area (Å²) in [4.78, 5) is 0. The lowest BCUT2D eigenvalue weighted by Gasteiger charge is -2.41. The maximum atomic E-state index is 9.87. The van der Waals surface area contributed by atoms with Gasteiger partial charge in [0.1, 0.15) is 12.1 Å². The van der Waals surface area contributed by atoms with Crippen LogP contribution in [-0.4, -0.2) is 67.5 Å². The molecule has 310 valence electrons. The molecule has 1 aromatic carbocycles. The number of benzene rings is 1. The monoisotopic (exact) mass is 884 g/mol. The van der Waals surface area contributed by atoms with Gasteiger partial charge in [0.15, 0.2) is 33.3 Å². The molecule has 0 N–H and O–H groups in total. The molecule has 0 bridgehead atoms. The standard InChI is InChI=1S/C38H80N2O6Si8/c1-19-21-27-47(3,4)41-51(11,12)45-53(15,16)43-49(7,8)29-23-25-35-31-37(33-39)38(34-40)32-36(35)26-24-30-50(9,10)44-54(17,18)46-52(13,14)42-48(5,6)28-22-20-2/h31-32H,19-30H2,1-18H3. The van der Waals surface area contributed by atoms with Crippen LogP contribution in [0.3, 0.4) is 0 Å². The van der Waals surface area contributed by atoms with E-state index in [2.05, 4.69) is 131 Å². The molecule has 0 aliphatic rings. The molecule has 16 heteroatoms. The Morgan fingerprint density at radius 1 is 0.407 bits per heavy atom. The summed E-state index contributed by atoms with van der Waals surface area (Å²) in [6.07, 6.45) is 8.40. The predicted molar refractivity (Wildman–Crippen MR) is 248 cm³/mol. The summed E-state index contributed by atoms with van der Waals surface area (Å²) < 4.78 is 41.0. The Labute approximate surface area is 341 Å². The van der Waals surface area contributed by atoms with Gasteiger partial charge in [0.05, 0.1) is 11.1 Å². The smallest absolute Gasteiger partial charge is 0.312 e. The second-order valence-corrected chi connectivity index (χ2v) is 51.7. The van der Waals surface area contributed by atoms with E-state index >= 15 is 0 Å². The summed E-state index contributed by atoms with van der Waals surface area (Å²) in [7, 11) is -17.3. The summed E-state index contributed by atoms with van der Waals surface area (Å²) in [5.41, 5.74) is 3.26. The van der Waals surface area contributed by atoms with E-state index in [0.717, 1.165) is 49.9 Å². The van der Waals surface area contributed by atoms with Crippen molar-refractivity contribution < 1.29 is 24.7 Å². The maximum Gasteiger partial charge on any atom is 0.312 e. The lowest BCUT2D eigenvalue weighted by Crippen LogP contribution is -2.56. The average molecular weight is 886 g/mol. The molecule has 1 rings (SSSR count). The van der Waals surface area contributed by atoms with Crippen LogP contribution in [0.5, 0.6) is 0 Å². The fraction of sp³-hybridized carbons (Fsp3) is 0.789. The first-order valence-corrected chi connectivity index (χ1v) is 44.3. The summed E-state index contributed by atoms with van der Waals surface area (Å²) in [6.45, 7) is 40.4. The molecule has 0 unspecified atom stereocenters. The van der Waals surface area contributed by atoms with Gasteiger partial charge >= 0.3 is 34.2 Å². The predicted octanol–water partition coefficient (Wildman–Crippen LogP) is 12.6. The van der Waals surface area contributed by atoms with Gasteiger partial charge in [-0.25, -0.2) is 0 Å². The van der Waals surface area contributed by atoms with Crippen molar-refractivity contribution in [1.82, 2.24) is 0 Å². The Morgan fingerprint density at radius 3 is 0.870 bits per heavy atom. The quantitative estimate of drug-likeness (QED) is 0.0848. The van der Waals surface area contributed by atoms with Crippen LogP contribution in [0.1, 0.15) is 74.6 Å². The lowest BCUT2D eigenvalue weighted by molar-refractivity contribution is 0.325. The van der Waals surface area contributed by atoms with Crippen molar-refractivity contribution in [2.45, 2.75) is 194 Å². The molecule has 54 heavy (non-hydrogen) atoms. The topological polar surface area (TPSA) is 103 Å². The minimum absolute atomic E-state index is 0.460. The zero-order valence-corrected chi connectivity index (χ0v) is 46.0. The molecule has 0 radical (unpaired) electrons. The van der Waals surface area contributed by atoms with Crippen LogP contribution in [0.2, 0.25) is 129 Å². The zero-order valence-electron chi connectivity index (χ0n) is 38.0. The first kappa shape index (κ1) is 51.7. The Morgan fingerprint density at radius 2 is 0.648 bits per heavy atom. The second kappa shape index (κ2) is 21.1. The molecule has 0 saturated carbocycles. The molecule has 0 spiro atoms. The van der Waals surface area contributed by atoms with Gasteiger partial charge in [-0.05, 0) is 178 Å². The van der Waals surface area contributed by atoms with E-state index in [4.69, 9.17) is 24.7 Å². The molecule has 1 aromatic rings. The van der Waals surface area contributed by atoms with Crippen LogP contribution in [0.4, 0.5) is 0 Å². The van der Waals surface area contributed by atoms with Gasteiger partial charge < -0.3 is 24.7 Å². The molecule has 0 atom stereocenters. The first-order valence-electron chi connectivity index (χ1n) is 20.6.